The molecule has 0 unspecified atom stereocenters. The minimum atomic E-state index is -0.612. The monoisotopic (exact) mass is 256 g/mol. The van der Waals surface area contributed by atoms with Crippen molar-refractivity contribution in [2.45, 2.75) is 6.54 Å². The molecule has 0 atom stereocenters. The van der Waals surface area contributed by atoms with Crippen LogP contribution < -0.4 is 0 Å². The third-order valence-corrected chi connectivity index (χ3v) is 3.26. The molecule has 4 heteroatoms. The Morgan fingerprint density at radius 2 is 2.16 bits per heavy atom. The summed E-state index contributed by atoms with van der Waals surface area (Å²) in [5.74, 6) is -0.944. The molecule has 0 radical (unpaired) electrons. The highest BCUT2D eigenvalue weighted by molar-refractivity contribution is 5.81. The topological polar surface area (TPSA) is 36.4 Å². The number of phenolic OH excluding ortho intramolecular Hbond substituents is 1. The first-order chi connectivity index (χ1) is 9.15. The lowest BCUT2D eigenvalue weighted by molar-refractivity contribution is 0.431. The zero-order valence-corrected chi connectivity index (χ0v) is 10.5. The molecule has 19 heavy (non-hydrogen) atoms. The van der Waals surface area contributed by atoms with E-state index in [1.165, 1.54) is 12.1 Å². The van der Waals surface area contributed by atoms with Crippen LogP contribution in [0.4, 0.5) is 4.39 Å². The van der Waals surface area contributed by atoms with Crippen LogP contribution in [0.5, 0.6) is 5.75 Å². The van der Waals surface area contributed by atoms with Gasteiger partial charge in [-0.2, -0.15) is 0 Å². The molecule has 0 bridgehead atoms. The van der Waals surface area contributed by atoms with E-state index >= 15 is 0 Å². The van der Waals surface area contributed by atoms with Gasteiger partial charge < -0.3 is 10.0 Å². The summed E-state index contributed by atoms with van der Waals surface area (Å²) < 4.78 is 13.4. The molecule has 0 aliphatic carbocycles. The Morgan fingerprint density at radius 3 is 2.95 bits per heavy atom. The number of nitrogens with zero attached hydrogens (tertiary/aromatic N) is 2. The first kappa shape index (κ1) is 11.7. The van der Waals surface area contributed by atoms with Gasteiger partial charge in [-0.1, -0.05) is 6.07 Å². The molecule has 1 aliphatic heterocycles. The molecular weight excluding hydrogens is 243 g/mol. The SMILES string of the molecule is CN1Cc2cccnc2C=C1c1ccc(O)c(F)c1. The van der Waals surface area contributed by atoms with Crippen molar-refractivity contribution in [3.63, 3.8) is 0 Å². The van der Waals surface area contributed by atoms with Gasteiger partial charge in [0.15, 0.2) is 11.6 Å². The second-order valence-electron chi connectivity index (χ2n) is 4.60. The minimum Gasteiger partial charge on any atom is -0.505 e. The van der Waals surface area contributed by atoms with E-state index in [0.29, 0.717) is 0 Å². The molecule has 0 saturated carbocycles. The molecule has 3 rings (SSSR count). The van der Waals surface area contributed by atoms with Crippen molar-refractivity contribution in [2.75, 3.05) is 7.05 Å². The standard InChI is InChI=1S/C15H13FN2O/c1-18-9-11-3-2-6-17-13(11)8-14(18)10-4-5-15(19)12(16)7-10/h2-8,19H,9H2,1H3. The largest absolute Gasteiger partial charge is 0.505 e. The summed E-state index contributed by atoms with van der Waals surface area (Å²) in [6.07, 6.45) is 3.68. The fourth-order valence-corrected chi connectivity index (χ4v) is 2.26. The average Bonchev–Trinajstić information content (AvgIpc) is 2.41. The summed E-state index contributed by atoms with van der Waals surface area (Å²) in [6, 6.07) is 8.35. The molecule has 0 fully saturated rings. The summed E-state index contributed by atoms with van der Waals surface area (Å²) in [7, 11) is 1.95. The van der Waals surface area contributed by atoms with Crippen LogP contribution in [0.3, 0.4) is 0 Å². The quantitative estimate of drug-likeness (QED) is 0.852. The van der Waals surface area contributed by atoms with Crippen LogP contribution >= 0.6 is 0 Å². The predicted octanol–water partition coefficient (Wildman–Crippen LogP) is 2.87. The van der Waals surface area contributed by atoms with Crippen molar-refractivity contribution in [2.24, 2.45) is 0 Å². The second kappa shape index (κ2) is 4.39. The highest BCUT2D eigenvalue weighted by atomic mass is 19.1. The molecule has 0 saturated heterocycles. The molecular formula is C15H13FN2O. The Kier molecular flexibility index (Phi) is 2.71. The molecule has 0 amide bonds. The Balaban J connectivity index is 2.09. The first-order valence-corrected chi connectivity index (χ1v) is 6.01. The Bertz CT molecular complexity index is 667. The van der Waals surface area contributed by atoms with Crippen molar-refractivity contribution >= 4 is 11.8 Å². The van der Waals surface area contributed by atoms with Gasteiger partial charge in [0.05, 0.1) is 5.69 Å². The number of hydrogen-bond donors (Lipinski definition) is 1. The van der Waals surface area contributed by atoms with Gasteiger partial charge >= 0.3 is 0 Å². The summed E-state index contributed by atoms with van der Waals surface area (Å²) in [6.45, 7) is 0.734. The van der Waals surface area contributed by atoms with Crippen molar-refractivity contribution < 1.29 is 9.50 Å². The molecule has 0 spiro atoms. The highest BCUT2D eigenvalue weighted by Gasteiger charge is 2.17. The molecule has 2 aromatic rings. The van der Waals surface area contributed by atoms with E-state index in [2.05, 4.69) is 4.98 Å². The van der Waals surface area contributed by atoms with E-state index in [9.17, 15) is 9.50 Å². The Morgan fingerprint density at radius 1 is 1.32 bits per heavy atom. The molecule has 3 nitrogen and oxygen atoms in total. The lowest BCUT2D eigenvalue weighted by Gasteiger charge is -2.27. The third kappa shape index (κ3) is 2.05. The van der Waals surface area contributed by atoms with Crippen molar-refractivity contribution in [3.05, 3.63) is 59.2 Å². The lowest BCUT2D eigenvalue weighted by Crippen LogP contribution is -2.20. The number of phenols is 1. The van der Waals surface area contributed by atoms with Crippen LogP contribution in [0.1, 0.15) is 16.8 Å². The summed E-state index contributed by atoms with van der Waals surface area (Å²) in [5, 5.41) is 9.25. The number of halogens is 1. The van der Waals surface area contributed by atoms with Gasteiger partial charge in [-0.3, -0.25) is 4.98 Å². The van der Waals surface area contributed by atoms with Crippen LogP contribution in [-0.2, 0) is 6.54 Å². The van der Waals surface area contributed by atoms with Gasteiger partial charge in [0, 0.05) is 31.0 Å². The van der Waals surface area contributed by atoms with Crippen molar-refractivity contribution in [1.29, 1.82) is 0 Å². The predicted molar refractivity (Wildman–Crippen MR) is 71.6 cm³/mol. The number of benzene rings is 1. The van der Waals surface area contributed by atoms with Gasteiger partial charge in [0.2, 0.25) is 0 Å². The average molecular weight is 256 g/mol. The van der Waals surface area contributed by atoms with Crippen LogP contribution in [0.25, 0.3) is 11.8 Å². The van der Waals surface area contributed by atoms with Crippen LogP contribution in [0, 0.1) is 5.82 Å². The third-order valence-electron chi connectivity index (χ3n) is 3.26. The van der Waals surface area contributed by atoms with Crippen molar-refractivity contribution in [1.82, 2.24) is 9.88 Å². The van der Waals surface area contributed by atoms with Crippen LogP contribution in [0.2, 0.25) is 0 Å². The molecule has 1 aromatic heterocycles. The zero-order chi connectivity index (χ0) is 13.4. The normalized spacial score (nSPS) is 14.0. The maximum Gasteiger partial charge on any atom is 0.165 e. The number of rotatable bonds is 1. The highest BCUT2D eigenvalue weighted by Crippen LogP contribution is 2.30. The number of aromatic hydroxyl groups is 1. The van der Waals surface area contributed by atoms with E-state index in [-0.39, 0.29) is 5.75 Å². The summed E-state index contributed by atoms with van der Waals surface area (Å²) in [5.41, 5.74) is 3.68. The van der Waals surface area contributed by atoms with Gasteiger partial charge in [-0.15, -0.1) is 0 Å². The minimum absolute atomic E-state index is 0.332. The van der Waals surface area contributed by atoms with Crippen molar-refractivity contribution in [3.8, 4) is 5.75 Å². The van der Waals surface area contributed by atoms with Gasteiger partial charge in [-0.05, 0) is 35.9 Å². The molecule has 1 aromatic carbocycles. The lowest BCUT2D eigenvalue weighted by atomic mass is 10.0. The van der Waals surface area contributed by atoms with Crippen LogP contribution in [-0.4, -0.2) is 22.0 Å². The molecule has 2 heterocycles. The van der Waals surface area contributed by atoms with E-state index in [1.54, 1.807) is 12.3 Å². The Hall–Kier alpha value is -2.36. The van der Waals surface area contributed by atoms with E-state index < -0.39 is 5.82 Å². The number of pyridine rings is 1. The maximum atomic E-state index is 13.4. The molecule has 1 N–H and O–H groups in total. The zero-order valence-electron chi connectivity index (χ0n) is 10.5. The van der Waals surface area contributed by atoms with E-state index in [0.717, 1.165) is 29.1 Å². The van der Waals surface area contributed by atoms with E-state index in [1.807, 2.05) is 30.2 Å². The molecule has 96 valence electrons. The fourth-order valence-electron chi connectivity index (χ4n) is 2.26. The fraction of sp³-hybridized carbons (Fsp3) is 0.133. The smallest absolute Gasteiger partial charge is 0.165 e. The second-order valence-corrected chi connectivity index (χ2v) is 4.60. The van der Waals surface area contributed by atoms with Gasteiger partial charge in [-0.25, -0.2) is 4.39 Å². The number of aromatic nitrogens is 1. The summed E-state index contributed by atoms with van der Waals surface area (Å²) in [4.78, 5) is 6.36. The molecule has 1 aliphatic rings. The number of fused-ring (bicyclic) bond motifs is 1. The van der Waals surface area contributed by atoms with Crippen LogP contribution in [0.15, 0.2) is 36.5 Å². The van der Waals surface area contributed by atoms with E-state index in [4.69, 9.17) is 0 Å². The first-order valence-electron chi connectivity index (χ1n) is 6.01. The van der Waals surface area contributed by atoms with Gasteiger partial charge in [0.1, 0.15) is 0 Å². The number of hydrogen-bond acceptors (Lipinski definition) is 3. The summed E-state index contributed by atoms with van der Waals surface area (Å²) >= 11 is 0. The van der Waals surface area contributed by atoms with Gasteiger partial charge in [0.25, 0.3) is 0 Å². The Labute approximate surface area is 110 Å². The maximum absolute atomic E-state index is 13.4.